The van der Waals surface area contributed by atoms with Crippen LogP contribution >= 0.6 is 20.8 Å². The highest BCUT2D eigenvalue weighted by atomic mass is 35.5. The van der Waals surface area contributed by atoms with Crippen LogP contribution in [0.3, 0.4) is 0 Å². The highest BCUT2D eigenvalue weighted by Crippen LogP contribution is 2.38. The fourth-order valence-electron chi connectivity index (χ4n) is 5.28. The highest BCUT2D eigenvalue weighted by Gasteiger charge is 2.53. The van der Waals surface area contributed by atoms with E-state index in [2.05, 4.69) is 25.2 Å². The highest BCUT2D eigenvalue weighted by molar-refractivity contribution is 7.19. The molecule has 48 heavy (non-hydrogen) atoms. The monoisotopic (exact) mass is 705 g/mol. The number of unbranched alkanes of at least 4 members (excludes halogenated alkanes) is 1. The number of amides is 5. The molecule has 8 N–H and O–H groups in total. The summed E-state index contributed by atoms with van der Waals surface area (Å²) in [6.45, 7) is -0.542. The zero-order valence-corrected chi connectivity index (χ0v) is 27.1. The van der Waals surface area contributed by atoms with E-state index in [1.165, 1.54) is 36.4 Å². The summed E-state index contributed by atoms with van der Waals surface area (Å²) >= 11 is 5.99. The standard InChI is InChI=1S/C30H33ClN5O11P/c31-16-9-10-17-21(29(45)36(17)22(16)30(46)47)34-26(43)27(48)33-20(39)13-35(28(44)15-6-4-8-19(38)24(15)41)12-2-1-11-32-25(42)14-5-3-7-18(37)23(14)40/h3-8,17,21,27,37-38,40-41H,1-2,9-13,48H2,(H,32,42)(H,33,39)(H,34,43)(H,46,47)/t17-,21+,27+/m1/s1. The number of aliphatic carboxylic acids is 1. The van der Waals surface area contributed by atoms with Gasteiger partial charge >= 0.3 is 5.97 Å². The molecular weight excluding hydrogens is 673 g/mol. The first kappa shape index (κ1) is 35.8. The van der Waals surface area contributed by atoms with Crippen LogP contribution in [0.15, 0.2) is 47.1 Å². The first-order chi connectivity index (χ1) is 22.7. The summed E-state index contributed by atoms with van der Waals surface area (Å²) in [6.07, 6.45) is 1.07. The van der Waals surface area contributed by atoms with Gasteiger partial charge in [-0.3, -0.25) is 28.9 Å². The lowest BCUT2D eigenvalue weighted by Crippen LogP contribution is -2.72. The average Bonchev–Trinajstić information content (AvgIpc) is 3.04. The van der Waals surface area contributed by atoms with E-state index in [1.807, 2.05) is 0 Å². The summed E-state index contributed by atoms with van der Waals surface area (Å²) in [6, 6.07) is 6.02. The Hall–Kier alpha value is -5.08. The number of carboxylic acids is 1. The maximum absolute atomic E-state index is 13.3. The Balaban J connectivity index is 1.34. The minimum absolute atomic E-state index is 0.0320. The number of nitrogens with zero attached hydrogens (tertiary/aromatic N) is 2. The van der Waals surface area contributed by atoms with Gasteiger partial charge in [0.2, 0.25) is 11.8 Å². The third-order valence-electron chi connectivity index (χ3n) is 7.74. The molecule has 0 spiro atoms. The molecule has 2 aromatic rings. The van der Waals surface area contributed by atoms with E-state index in [1.54, 1.807) is 0 Å². The largest absolute Gasteiger partial charge is 0.504 e. The molecule has 16 nitrogen and oxygen atoms in total. The van der Waals surface area contributed by atoms with Crippen LogP contribution in [0.4, 0.5) is 0 Å². The third-order valence-corrected chi connectivity index (χ3v) is 8.58. The summed E-state index contributed by atoms with van der Waals surface area (Å²) in [7, 11) is 2.11. The molecule has 0 radical (unpaired) electrons. The van der Waals surface area contributed by atoms with E-state index in [9.17, 15) is 54.3 Å². The van der Waals surface area contributed by atoms with Gasteiger partial charge in [-0.15, -0.1) is 9.24 Å². The number of fused-ring (bicyclic) bond motifs is 1. The van der Waals surface area contributed by atoms with E-state index in [0.29, 0.717) is 12.8 Å². The molecule has 2 aromatic carbocycles. The molecular formula is C30H33ClN5O11P. The van der Waals surface area contributed by atoms with Crippen molar-refractivity contribution < 1.29 is 54.3 Å². The Morgan fingerprint density at radius 2 is 1.60 bits per heavy atom. The number of β-lactam (4-membered cyclic amide) rings is 1. The van der Waals surface area contributed by atoms with Crippen LogP contribution in [0.2, 0.25) is 0 Å². The maximum Gasteiger partial charge on any atom is 0.353 e. The van der Waals surface area contributed by atoms with Crippen LogP contribution in [0.25, 0.3) is 0 Å². The Labute approximate surface area is 280 Å². The van der Waals surface area contributed by atoms with Crippen LogP contribution in [0.5, 0.6) is 23.0 Å². The molecule has 2 aliphatic heterocycles. The summed E-state index contributed by atoms with van der Waals surface area (Å²) in [4.78, 5) is 77.9. The number of carbonyl (C=O) groups is 6. The molecule has 5 amide bonds. The van der Waals surface area contributed by atoms with Gasteiger partial charge in [-0.2, -0.15) is 0 Å². The fourth-order valence-corrected chi connectivity index (χ4v) is 5.85. The van der Waals surface area contributed by atoms with Gasteiger partial charge in [0, 0.05) is 18.1 Å². The summed E-state index contributed by atoms with van der Waals surface area (Å²) in [5.41, 5.74) is -0.756. The number of hydrogen-bond donors (Lipinski definition) is 8. The molecule has 1 saturated heterocycles. The van der Waals surface area contributed by atoms with E-state index in [4.69, 9.17) is 11.6 Å². The zero-order chi connectivity index (χ0) is 35.3. The molecule has 2 heterocycles. The number of carboxylic acid groups (broad SMARTS) is 1. The molecule has 0 saturated carbocycles. The minimum Gasteiger partial charge on any atom is -0.504 e. The van der Waals surface area contributed by atoms with Crippen molar-refractivity contribution in [1.29, 1.82) is 0 Å². The van der Waals surface area contributed by atoms with Crippen LogP contribution in [-0.4, -0.2) is 108 Å². The first-order valence-corrected chi connectivity index (χ1v) is 15.7. The molecule has 256 valence electrons. The summed E-state index contributed by atoms with van der Waals surface area (Å²) in [5, 5.41) is 56.6. The van der Waals surface area contributed by atoms with E-state index in [-0.39, 0.29) is 47.8 Å². The Morgan fingerprint density at radius 3 is 2.25 bits per heavy atom. The number of hydrogen-bond acceptors (Lipinski definition) is 10. The number of halogens is 1. The lowest BCUT2D eigenvalue weighted by atomic mass is 9.86. The second-order valence-electron chi connectivity index (χ2n) is 10.9. The molecule has 4 atom stereocenters. The van der Waals surface area contributed by atoms with Crippen molar-refractivity contribution in [3.8, 4) is 23.0 Å². The van der Waals surface area contributed by atoms with Crippen LogP contribution in [-0.2, 0) is 19.2 Å². The number of aromatic hydroxyl groups is 4. The number of allylic oxidation sites excluding steroid dienone is 1. The van der Waals surface area contributed by atoms with Gasteiger partial charge in [0.1, 0.15) is 17.5 Å². The predicted molar refractivity (Wildman–Crippen MR) is 171 cm³/mol. The minimum atomic E-state index is -1.37. The van der Waals surface area contributed by atoms with Crippen molar-refractivity contribution >= 4 is 56.3 Å². The number of nitrogens with one attached hydrogen (secondary N) is 3. The van der Waals surface area contributed by atoms with E-state index in [0.717, 1.165) is 9.80 Å². The maximum atomic E-state index is 13.3. The normalized spacial score (nSPS) is 17.5. The molecule has 1 fully saturated rings. The molecule has 18 heteroatoms. The SMILES string of the molecule is O=C(CN(CCCCNC(=O)c1cccc(O)c1O)C(=O)c1cccc(O)c1O)N[C@@H](P)C(=O)N[C@@H]1C(=O)N2C(C(=O)O)=C(Cl)CC[C@H]12. The lowest BCUT2D eigenvalue weighted by molar-refractivity contribution is -0.155. The smallest absolute Gasteiger partial charge is 0.353 e. The Morgan fingerprint density at radius 1 is 0.979 bits per heavy atom. The van der Waals surface area contributed by atoms with E-state index >= 15 is 0 Å². The second-order valence-corrected chi connectivity index (χ2v) is 12.1. The van der Waals surface area contributed by atoms with Crippen molar-refractivity contribution in [2.45, 2.75) is 43.5 Å². The van der Waals surface area contributed by atoms with Crippen LogP contribution < -0.4 is 16.0 Å². The Kier molecular flexibility index (Phi) is 11.3. The molecule has 0 bridgehead atoms. The van der Waals surface area contributed by atoms with Crippen molar-refractivity contribution in [3.63, 3.8) is 0 Å². The van der Waals surface area contributed by atoms with Crippen molar-refractivity contribution in [2.24, 2.45) is 0 Å². The summed E-state index contributed by atoms with van der Waals surface area (Å²) < 4.78 is 0. The van der Waals surface area contributed by atoms with Gasteiger partial charge in [-0.05, 0) is 49.9 Å². The fraction of sp³-hybridized carbons (Fsp3) is 0.333. The zero-order valence-electron chi connectivity index (χ0n) is 25.2. The quantitative estimate of drug-likeness (QED) is 0.0617. The Bertz CT molecular complexity index is 1690. The third kappa shape index (κ3) is 7.72. The van der Waals surface area contributed by atoms with Gasteiger partial charge in [-0.1, -0.05) is 23.7 Å². The molecule has 4 rings (SSSR count). The molecule has 0 aromatic heterocycles. The number of rotatable bonds is 13. The molecule has 0 aliphatic carbocycles. The van der Waals surface area contributed by atoms with Crippen molar-refractivity contribution in [3.05, 3.63) is 58.3 Å². The predicted octanol–water partition coefficient (Wildman–Crippen LogP) is 0.503. The second kappa shape index (κ2) is 15.2. The van der Waals surface area contributed by atoms with Gasteiger partial charge in [0.25, 0.3) is 17.7 Å². The van der Waals surface area contributed by atoms with Crippen molar-refractivity contribution in [1.82, 2.24) is 25.8 Å². The number of para-hydroxylation sites is 2. The van der Waals surface area contributed by atoms with Gasteiger partial charge in [-0.25, -0.2) is 4.79 Å². The summed E-state index contributed by atoms with van der Waals surface area (Å²) in [5.74, 6) is -8.57. The lowest BCUT2D eigenvalue weighted by Gasteiger charge is -2.49. The van der Waals surface area contributed by atoms with Gasteiger partial charge in [0.05, 0.1) is 23.7 Å². The van der Waals surface area contributed by atoms with Crippen molar-refractivity contribution in [2.75, 3.05) is 19.6 Å². The molecule has 2 aliphatic rings. The average molecular weight is 706 g/mol. The van der Waals surface area contributed by atoms with Gasteiger partial charge < -0.3 is 46.4 Å². The first-order valence-electron chi connectivity index (χ1n) is 14.6. The number of carbonyl (C=O) groups excluding carboxylic acids is 5. The number of benzene rings is 2. The number of phenolic OH excluding ortho intramolecular Hbond substituents is 4. The van der Waals surface area contributed by atoms with Crippen LogP contribution in [0.1, 0.15) is 46.4 Å². The van der Waals surface area contributed by atoms with Crippen LogP contribution in [0, 0.1) is 0 Å². The van der Waals surface area contributed by atoms with E-state index < -0.39 is 82.9 Å². The topological polar surface area (TPSA) is 246 Å². The molecule has 1 unspecified atom stereocenters. The number of phenols is 4. The van der Waals surface area contributed by atoms with Gasteiger partial charge in [0.15, 0.2) is 23.0 Å².